The molecule has 0 radical (unpaired) electrons. The molecule has 26 heavy (non-hydrogen) atoms. The van der Waals surface area contributed by atoms with Crippen LogP contribution in [0.4, 0.5) is 30.6 Å². The number of carbonyl (C=O) groups is 4. The van der Waals surface area contributed by atoms with Gasteiger partial charge in [-0.3, -0.25) is 10.6 Å². The summed E-state index contributed by atoms with van der Waals surface area (Å²) in [5.74, 6) is -0.534. The Morgan fingerprint density at radius 3 is 1.35 bits per heavy atom. The molecule has 0 bridgehead atoms. The van der Waals surface area contributed by atoms with Gasteiger partial charge >= 0.3 is 24.5 Å². The highest BCUT2D eigenvalue weighted by molar-refractivity contribution is 5.93. The summed E-state index contributed by atoms with van der Waals surface area (Å²) in [4.78, 5) is 45.7. The Kier molecular flexibility index (Phi) is 7.48. The van der Waals surface area contributed by atoms with Crippen LogP contribution in [-0.2, 0) is 18.9 Å². The van der Waals surface area contributed by atoms with Gasteiger partial charge in [-0.2, -0.15) is 0 Å². The summed E-state index contributed by atoms with van der Waals surface area (Å²) in [5.41, 5.74) is -0.211. The third-order valence-corrected chi connectivity index (χ3v) is 2.65. The summed E-state index contributed by atoms with van der Waals surface area (Å²) >= 11 is 0. The van der Waals surface area contributed by atoms with Crippen molar-refractivity contribution in [1.29, 1.82) is 0 Å². The fourth-order valence-electron chi connectivity index (χ4n) is 1.51. The molecule has 0 spiro atoms. The normalized spacial score (nSPS) is 9.38. The van der Waals surface area contributed by atoms with Crippen LogP contribution < -0.4 is 20.1 Å². The van der Waals surface area contributed by atoms with Crippen molar-refractivity contribution in [2.45, 2.75) is 0 Å². The van der Waals surface area contributed by atoms with E-state index in [1.807, 2.05) is 0 Å². The molecule has 2 amide bonds. The monoisotopic (exact) mass is 372 g/mol. The molecular formula is C14H16N2O10. The first kappa shape index (κ1) is 20.3. The molecule has 142 valence electrons. The lowest BCUT2D eigenvalue weighted by atomic mass is 10.2. The van der Waals surface area contributed by atoms with Crippen LogP contribution in [0.5, 0.6) is 11.5 Å². The van der Waals surface area contributed by atoms with Gasteiger partial charge in [-0.25, -0.2) is 19.2 Å². The number of hydrogen-bond donors (Lipinski definition) is 2. The number of amides is 2. The number of anilines is 2. The minimum Gasteiger partial charge on any atom is -0.453 e. The average molecular weight is 372 g/mol. The zero-order chi connectivity index (χ0) is 19.7. The first-order chi connectivity index (χ1) is 12.3. The molecule has 0 atom stereocenters. The number of rotatable bonds is 4. The van der Waals surface area contributed by atoms with Crippen molar-refractivity contribution in [3.8, 4) is 11.5 Å². The van der Waals surface area contributed by atoms with Gasteiger partial charge in [-0.05, 0) is 6.07 Å². The first-order valence-electron chi connectivity index (χ1n) is 6.74. The summed E-state index contributed by atoms with van der Waals surface area (Å²) in [6, 6.07) is 2.16. The van der Waals surface area contributed by atoms with Crippen molar-refractivity contribution in [3.05, 3.63) is 12.1 Å². The van der Waals surface area contributed by atoms with E-state index in [1.165, 1.54) is 0 Å². The molecule has 0 aromatic heterocycles. The molecule has 1 aromatic rings. The van der Waals surface area contributed by atoms with Gasteiger partial charge in [0, 0.05) is 6.07 Å². The van der Waals surface area contributed by atoms with Crippen LogP contribution >= 0.6 is 0 Å². The van der Waals surface area contributed by atoms with Crippen LogP contribution in [0.25, 0.3) is 0 Å². The maximum Gasteiger partial charge on any atom is 0.513 e. The predicted molar refractivity (Wildman–Crippen MR) is 84.6 cm³/mol. The van der Waals surface area contributed by atoms with Crippen LogP contribution in [0.2, 0.25) is 0 Å². The van der Waals surface area contributed by atoms with Crippen molar-refractivity contribution in [1.82, 2.24) is 0 Å². The molecule has 0 aliphatic heterocycles. The van der Waals surface area contributed by atoms with Crippen LogP contribution in [0.3, 0.4) is 0 Å². The molecule has 1 aromatic carbocycles. The van der Waals surface area contributed by atoms with E-state index in [9.17, 15) is 19.2 Å². The van der Waals surface area contributed by atoms with Gasteiger partial charge in [0.1, 0.15) is 0 Å². The average Bonchev–Trinajstić information content (AvgIpc) is 2.63. The maximum absolute atomic E-state index is 11.5. The first-order valence-corrected chi connectivity index (χ1v) is 6.74. The molecule has 12 nitrogen and oxygen atoms in total. The standard InChI is InChI=1S/C14H16N2O10/c1-21-11(17)15-7-5-8(16-12(18)22-2)10(26-14(20)24-4)6-9(7)25-13(19)23-3/h5-6H,1-4H3,(H,15,17)(H,16,18). The molecule has 2 N–H and O–H groups in total. The summed E-state index contributed by atoms with van der Waals surface area (Å²) in [5, 5.41) is 4.52. The van der Waals surface area contributed by atoms with Gasteiger partial charge in [0.25, 0.3) is 0 Å². The fourth-order valence-corrected chi connectivity index (χ4v) is 1.51. The Morgan fingerprint density at radius 2 is 1.04 bits per heavy atom. The van der Waals surface area contributed by atoms with Gasteiger partial charge < -0.3 is 28.4 Å². The number of carbonyl (C=O) groups excluding carboxylic acids is 4. The molecular weight excluding hydrogens is 356 g/mol. The quantitative estimate of drug-likeness (QED) is 0.458. The van der Waals surface area contributed by atoms with Crippen molar-refractivity contribution in [3.63, 3.8) is 0 Å². The molecule has 0 heterocycles. The molecule has 0 aliphatic rings. The molecule has 0 aliphatic carbocycles. The molecule has 0 unspecified atom stereocenters. The Hall–Kier alpha value is -3.70. The summed E-state index contributed by atoms with van der Waals surface area (Å²) in [6.45, 7) is 0. The van der Waals surface area contributed by atoms with E-state index < -0.39 is 24.5 Å². The minimum absolute atomic E-state index is 0.106. The lowest BCUT2D eigenvalue weighted by Gasteiger charge is -2.15. The third kappa shape index (κ3) is 5.74. The zero-order valence-electron chi connectivity index (χ0n) is 14.2. The van der Waals surface area contributed by atoms with E-state index in [0.29, 0.717) is 0 Å². The highest BCUT2D eigenvalue weighted by Gasteiger charge is 2.20. The zero-order valence-corrected chi connectivity index (χ0v) is 14.2. The Balaban J connectivity index is 3.41. The maximum atomic E-state index is 11.5. The van der Waals surface area contributed by atoms with Crippen molar-refractivity contribution >= 4 is 35.9 Å². The minimum atomic E-state index is -1.12. The highest BCUT2D eigenvalue weighted by Crippen LogP contribution is 2.37. The number of nitrogens with one attached hydrogen (secondary N) is 2. The number of methoxy groups -OCH3 is 4. The van der Waals surface area contributed by atoms with E-state index in [2.05, 4.69) is 29.6 Å². The van der Waals surface area contributed by atoms with Crippen molar-refractivity contribution in [2.75, 3.05) is 39.1 Å². The van der Waals surface area contributed by atoms with Gasteiger partial charge in [0.15, 0.2) is 11.5 Å². The van der Waals surface area contributed by atoms with E-state index >= 15 is 0 Å². The second kappa shape index (κ2) is 9.56. The molecule has 0 fully saturated rings. The second-order valence-corrected chi connectivity index (χ2v) is 4.19. The Labute approximate surface area is 147 Å². The van der Waals surface area contributed by atoms with E-state index in [1.54, 1.807) is 0 Å². The second-order valence-electron chi connectivity index (χ2n) is 4.19. The van der Waals surface area contributed by atoms with Crippen LogP contribution in [-0.4, -0.2) is 52.9 Å². The van der Waals surface area contributed by atoms with Crippen molar-refractivity contribution < 1.29 is 47.6 Å². The third-order valence-electron chi connectivity index (χ3n) is 2.65. The smallest absolute Gasteiger partial charge is 0.453 e. The molecule has 0 saturated heterocycles. The van der Waals surface area contributed by atoms with Gasteiger partial charge in [0.2, 0.25) is 0 Å². The highest BCUT2D eigenvalue weighted by atomic mass is 16.7. The SMILES string of the molecule is COC(=O)Nc1cc(NC(=O)OC)c(OC(=O)OC)cc1OC(=O)OC. The van der Waals surface area contributed by atoms with Crippen LogP contribution in [0, 0.1) is 0 Å². The topological polar surface area (TPSA) is 148 Å². The van der Waals surface area contributed by atoms with Gasteiger partial charge in [-0.1, -0.05) is 0 Å². The summed E-state index contributed by atoms with van der Waals surface area (Å²) in [7, 11) is 4.35. The van der Waals surface area contributed by atoms with Gasteiger partial charge in [0.05, 0.1) is 39.8 Å². The number of hydrogen-bond acceptors (Lipinski definition) is 10. The lowest BCUT2D eigenvalue weighted by Crippen LogP contribution is -2.17. The van der Waals surface area contributed by atoms with Crippen LogP contribution in [0.1, 0.15) is 0 Å². The number of benzene rings is 1. The Bertz CT molecular complexity index is 589. The van der Waals surface area contributed by atoms with E-state index in [0.717, 1.165) is 40.6 Å². The molecule has 1 rings (SSSR count). The van der Waals surface area contributed by atoms with E-state index in [4.69, 9.17) is 9.47 Å². The number of ether oxygens (including phenoxy) is 6. The van der Waals surface area contributed by atoms with Crippen molar-refractivity contribution in [2.24, 2.45) is 0 Å². The summed E-state index contributed by atoms with van der Waals surface area (Å²) in [6.07, 6.45) is -4.03. The molecule has 12 heteroatoms. The van der Waals surface area contributed by atoms with Crippen LogP contribution in [0.15, 0.2) is 12.1 Å². The Morgan fingerprint density at radius 1 is 0.654 bits per heavy atom. The molecule has 0 saturated carbocycles. The van der Waals surface area contributed by atoms with Gasteiger partial charge in [-0.15, -0.1) is 0 Å². The van der Waals surface area contributed by atoms with E-state index in [-0.39, 0.29) is 22.9 Å². The summed E-state index contributed by atoms with van der Waals surface area (Å²) < 4.78 is 27.4. The predicted octanol–water partition coefficient (Wildman–Crippen LogP) is 2.33. The fraction of sp³-hybridized carbons (Fsp3) is 0.286. The lowest BCUT2D eigenvalue weighted by molar-refractivity contribution is 0.120. The largest absolute Gasteiger partial charge is 0.513 e.